The van der Waals surface area contributed by atoms with Crippen LogP contribution in [-0.2, 0) is 18.4 Å². The Labute approximate surface area is 114 Å². The zero-order chi connectivity index (χ0) is 14.8. The Bertz CT molecular complexity index is 466. The second-order valence-corrected chi connectivity index (χ2v) is 5.08. The topological polar surface area (TPSA) is 67.6 Å². The Kier molecular flexibility index (Phi) is 4.57. The molecule has 0 saturated heterocycles. The van der Waals surface area contributed by atoms with Crippen molar-refractivity contribution in [1.29, 1.82) is 0 Å². The highest BCUT2D eigenvalue weighted by molar-refractivity contribution is 5.77. The minimum atomic E-state index is -0.929. The van der Waals surface area contributed by atoms with Crippen LogP contribution in [0.4, 0.5) is 0 Å². The Hall–Kier alpha value is -1.56. The van der Waals surface area contributed by atoms with E-state index in [1.54, 1.807) is 25.6 Å². The first-order valence-corrected chi connectivity index (χ1v) is 6.30. The predicted octanol–water partition coefficient (Wildman–Crippen LogP) is 1.42. The van der Waals surface area contributed by atoms with Gasteiger partial charge in [-0.15, -0.1) is 0 Å². The van der Waals surface area contributed by atoms with Crippen molar-refractivity contribution >= 4 is 5.97 Å². The molecule has 0 aliphatic heterocycles. The molecule has 0 aliphatic rings. The fourth-order valence-corrected chi connectivity index (χ4v) is 2.15. The maximum Gasteiger partial charge on any atom is 0.323 e. The van der Waals surface area contributed by atoms with Gasteiger partial charge in [-0.2, -0.15) is 5.10 Å². The number of aromatic nitrogens is 2. The normalized spacial score (nSPS) is 11.9. The SMILES string of the molecule is CCN(Cc1c(C)nn(C)c1OC)C(C)(C)C(=O)O. The number of aryl methyl sites for hydroxylation is 2. The highest BCUT2D eigenvalue weighted by Crippen LogP contribution is 2.26. The summed E-state index contributed by atoms with van der Waals surface area (Å²) in [6.07, 6.45) is 0. The smallest absolute Gasteiger partial charge is 0.323 e. The molecule has 1 aromatic heterocycles. The maximum atomic E-state index is 11.4. The van der Waals surface area contributed by atoms with Crippen LogP contribution in [0, 0.1) is 6.92 Å². The summed E-state index contributed by atoms with van der Waals surface area (Å²) in [7, 11) is 3.41. The van der Waals surface area contributed by atoms with Crippen molar-refractivity contribution in [2.24, 2.45) is 7.05 Å². The van der Waals surface area contributed by atoms with Gasteiger partial charge in [-0.25, -0.2) is 4.68 Å². The first-order chi connectivity index (χ1) is 8.75. The second-order valence-electron chi connectivity index (χ2n) is 5.08. The molecular weight excluding hydrogens is 246 g/mol. The lowest BCUT2D eigenvalue weighted by Gasteiger charge is -2.34. The Morgan fingerprint density at radius 1 is 1.53 bits per heavy atom. The number of rotatable bonds is 6. The van der Waals surface area contributed by atoms with E-state index in [1.165, 1.54) is 0 Å². The first kappa shape index (κ1) is 15.5. The molecule has 0 radical (unpaired) electrons. The fraction of sp³-hybridized carbons (Fsp3) is 0.692. The van der Waals surface area contributed by atoms with E-state index >= 15 is 0 Å². The van der Waals surface area contributed by atoms with Crippen LogP contribution < -0.4 is 4.74 Å². The molecule has 0 atom stereocenters. The molecule has 0 aromatic carbocycles. The van der Waals surface area contributed by atoms with Crippen molar-refractivity contribution in [3.05, 3.63) is 11.3 Å². The van der Waals surface area contributed by atoms with Crippen molar-refractivity contribution in [3.63, 3.8) is 0 Å². The molecule has 1 rings (SSSR count). The molecule has 0 amide bonds. The molecule has 1 aromatic rings. The van der Waals surface area contributed by atoms with Crippen molar-refractivity contribution in [2.75, 3.05) is 13.7 Å². The largest absolute Gasteiger partial charge is 0.481 e. The predicted molar refractivity (Wildman–Crippen MR) is 72.3 cm³/mol. The summed E-state index contributed by atoms with van der Waals surface area (Å²) in [4.78, 5) is 13.3. The number of ether oxygens (including phenoxy) is 1. The number of aliphatic carboxylic acids is 1. The average molecular weight is 269 g/mol. The van der Waals surface area contributed by atoms with Gasteiger partial charge in [-0.05, 0) is 27.3 Å². The van der Waals surface area contributed by atoms with E-state index < -0.39 is 11.5 Å². The third kappa shape index (κ3) is 2.89. The van der Waals surface area contributed by atoms with Gasteiger partial charge in [0.15, 0.2) is 0 Å². The monoisotopic (exact) mass is 269 g/mol. The summed E-state index contributed by atoms with van der Waals surface area (Å²) in [5, 5.41) is 13.6. The average Bonchev–Trinajstić information content (AvgIpc) is 2.59. The lowest BCUT2D eigenvalue weighted by atomic mass is 10.0. The number of methoxy groups -OCH3 is 1. The van der Waals surface area contributed by atoms with E-state index in [2.05, 4.69) is 5.10 Å². The molecule has 108 valence electrons. The summed E-state index contributed by atoms with van der Waals surface area (Å²) < 4.78 is 7.01. The van der Waals surface area contributed by atoms with Crippen LogP contribution in [0.5, 0.6) is 5.88 Å². The lowest BCUT2D eigenvalue weighted by Crippen LogP contribution is -2.49. The second kappa shape index (κ2) is 5.61. The fourth-order valence-electron chi connectivity index (χ4n) is 2.15. The molecular formula is C13H23N3O3. The van der Waals surface area contributed by atoms with Crippen molar-refractivity contribution in [3.8, 4) is 5.88 Å². The quantitative estimate of drug-likeness (QED) is 0.846. The van der Waals surface area contributed by atoms with Gasteiger partial charge in [0.05, 0.1) is 18.4 Å². The molecule has 0 bridgehead atoms. The number of carboxylic acid groups (broad SMARTS) is 1. The Balaban J connectivity index is 3.09. The summed E-state index contributed by atoms with van der Waals surface area (Å²) in [6.45, 7) is 8.39. The molecule has 6 heteroatoms. The van der Waals surface area contributed by atoms with Crippen LogP contribution >= 0.6 is 0 Å². The van der Waals surface area contributed by atoms with E-state index in [0.29, 0.717) is 19.0 Å². The van der Waals surface area contributed by atoms with Crippen LogP contribution in [0.25, 0.3) is 0 Å². The third-order valence-electron chi connectivity index (χ3n) is 3.53. The number of hydrogen-bond donors (Lipinski definition) is 1. The van der Waals surface area contributed by atoms with Gasteiger partial charge in [-0.1, -0.05) is 6.92 Å². The van der Waals surface area contributed by atoms with E-state index in [4.69, 9.17) is 4.74 Å². The number of carbonyl (C=O) groups is 1. The molecule has 1 heterocycles. The molecule has 0 fully saturated rings. The van der Waals surface area contributed by atoms with Crippen LogP contribution in [0.2, 0.25) is 0 Å². The summed E-state index contributed by atoms with van der Waals surface area (Å²) >= 11 is 0. The lowest BCUT2D eigenvalue weighted by molar-refractivity contribution is -0.149. The minimum Gasteiger partial charge on any atom is -0.481 e. The van der Waals surface area contributed by atoms with Crippen molar-refractivity contribution < 1.29 is 14.6 Å². The zero-order valence-electron chi connectivity index (χ0n) is 12.5. The van der Waals surface area contributed by atoms with Gasteiger partial charge in [0.25, 0.3) is 0 Å². The number of likely N-dealkylation sites (N-methyl/N-ethyl adjacent to an activating group) is 1. The summed E-state index contributed by atoms with van der Waals surface area (Å²) in [5.74, 6) is -0.160. The van der Waals surface area contributed by atoms with E-state index in [0.717, 1.165) is 11.3 Å². The molecule has 6 nitrogen and oxygen atoms in total. The highest BCUT2D eigenvalue weighted by Gasteiger charge is 2.34. The number of carboxylic acids is 1. The molecule has 19 heavy (non-hydrogen) atoms. The maximum absolute atomic E-state index is 11.4. The van der Waals surface area contributed by atoms with Gasteiger partial charge in [0, 0.05) is 13.6 Å². The number of nitrogens with zero attached hydrogens (tertiary/aromatic N) is 3. The molecule has 1 N–H and O–H groups in total. The van der Waals surface area contributed by atoms with Crippen LogP contribution in [-0.4, -0.2) is 44.9 Å². The minimum absolute atomic E-state index is 0.499. The van der Waals surface area contributed by atoms with Crippen LogP contribution in [0.3, 0.4) is 0 Å². The van der Waals surface area contributed by atoms with Gasteiger partial charge in [-0.3, -0.25) is 9.69 Å². The Morgan fingerprint density at radius 2 is 2.11 bits per heavy atom. The van der Waals surface area contributed by atoms with E-state index in [-0.39, 0.29) is 0 Å². The third-order valence-corrected chi connectivity index (χ3v) is 3.53. The van der Waals surface area contributed by atoms with Crippen LogP contribution in [0.1, 0.15) is 32.0 Å². The van der Waals surface area contributed by atoms with Gasteiger partial charge < -0.3 is 9.84 Å². The zero-order valence-corrected chi connectivity index (χ0v) is 12.5. The standard InChI is InChI=1S/C13H23N3O3/c1-7-16(13(3,4)12(17)18)8-10-9(2)14-15(5)11(10)19-6/h7-8H2,1-6H3,(H,17,18). The van der Waals surface area contributed by atoms with Gasteiger partial charge in [0.2, 0.25) is 5.88 Å². The highest BCUT2D eigenvalue weighted by atomic mass is 16.5. The first-order valence-electron chi connectivity index (χ1n) is 6.30. The molecule has 0 unspecified atom stereocenters. The summed E-state index contributed by atoms with van der Waals surface area (Å²) in [6, 6.07) is 0. The molecule has 0 spiro atoms. The van der Waals surface area contributed by atoms with E-state index in [9.17, 15) is 9.90 Å². The van der Waals surface area contributed by atoms with Gasteiger partial charge >= 0.3 is 5.97 Å². The molecule has 0 aliphatic carbocycles. The molecule has 0 saturated carbocycles. The van der Waals surface area contributed by atoms with E-state index in [1.807, 2.05) is 25.8 Å². The number of hydrogen-bond acceptors (Lipinski definition) is 4. The van der Waals surface area contributed by atoms with Crippen LogP contribution in [0.15, 0.2) is 0 Å². The summed E-state index contributed by atoms with van der Waals surface area (Å²) in [5.41, 5.74) is 0.863. The van der Waals surface area contributed by atoms with Gasteiger partial charge in [0.1, 0.15) is 5.54 Å². The Morgan fingerprint density at radius 3 is 2.53 bits per heavy atom. The van der Waals surface area contributed by atoms with Crippen molar-refractivity contribution in [1.82, 2.24) is 14.7 Å². The van der Waals surface area contributed by atoms with Crippen molar-refractivity contribution in [2.45, 2.75) is 39.8 Å².